The van der Waals surface area contributed by atoms with Crippen molar-refractivity contribution in [3.05, 3.63) is 64.6 Å². The molecular weight excluding hydrogens is 364 g/mol. The maximum Gasteiger partial charge on any atom is 0.227 e. The maximum absolute atomic E-state index is 12.4. The summed E-state index contributed by atoms with van der Waals surface area (Å²) in [5, 5.41) is 3.03. The molecule has 2 aromatic rings. The van der Waals surface area contributed by atoms with E-state index in [0.717, 1.165) is 49.1 Å². The van der Waals surface area contributed by atoms with E-state index >= 15 is 0 Å². The molecule has 1 aliphatic heterocycles. The van der Waals surface area contributed by atoms with Gasteiger partial charge in [0.05, 0.1) is 0 Å². The number of hydrogen-bond donors (Lipinski definition) is 1. The van der Waals surface area contributed by atoms with Gasteiger partial charge >= 0.3 is 0 Å². The van der Waals surface area contributed by atoms with Crippen molar-refractivity contribution in [2.24, 2.45) is 5.92 Å². The molecule has 1 N–H and O–H groups in total. The summed E-state index contributed by atoms with van der Waals surface area (Å²) in [7, 11) is 0. The average Bonchev–Trinajstić information content (AvgIpc) is 2.63. The third-order valence-corrected chi connectivity index (χ3v) is 5.16. The number of amides is 1. The molecule has 0 saturated carbocycles. The highest BCUT2D eigenvalue weighted by Gasteiger charge is 2.24. The fourth-order valence-corrected chi connectivity index (χ4v) is 3.39. The Morgan fingerprint density at radius 2 is 1.71 bits per heavy atom. The summed E-state index contributed by atoms with van der Waals surface area (Å²) in [6.45, 7) is 3.08. The van der Waals surface area contributed by atoms with Crippen LogP contribution in [0.4, 0.5) is 5.69 Å². The summed E-state index contributed by atoms with van der Waals surface area (Å²) in [6, 6.07) is 18.3. The molecule has 2 aromatic carbocycles. The van der Waals surface area contributed by atoms with Gasteiger partial charge in [0.2, 0.25) is 5.91 Å². The third kappa shape index (κ3) is 4.92. The number of hydrogen-bond acceptors (Lipinski definition) is 2. The van der Waals surface area contributed by atoms with Crippen LogP contribution < -0.4 is 5.32 Å². The standard InChI is InChI=1S/C20H23BrN2O/c21-18-6-8-19(9-7-18)22-20(24)17-11-14-23(15-12-17)13-10-16-4-2-1-3-5-16/h1-9,17H,10-15H2,(H,22,24). The molecule has 0 aliphatic carbocycles. The number of benzene rings is 2. The van der Waals surface area contributed by atoms with Gasteiger partial charge in [-0.25, -0.2) is 0 Å². The molecular formula is C20H23BrN2O. The number of carbonyl (C=O) groups is 1. The molecule has 0 bridgehead atoms. The van der Waals surface area contributed by atoms with Crippen molar-refractivity contribution < 1.29 is 4.79 Å². The topological polar surface area (TPSA) is 32.3 Å². The highest BCUT2D eigenvalue weighted by molar-refractivity contribution is 9.10. The van der Waals surface area contributed by atoms with Crippen LogP contribution in [0.5, 0.6) is 0 Å². The maximum atomic E-state index is 12.4. The van der Waals surface area contributed by atoms with E-state index in [-0.39, 0.29) is 11.8 Å². The predicted molar refractivity (Wildman–Crippen MR) is 102 cm³/mol. The zero-order chi connectivity index (χ0) is 16.8. The molecule has 3 rings (SSSR count). The van der Waals surface area contributed by atoms with Gasteiger partial charge in [-0.15, -0.1) is 0 Å². The first kappa shape index (κ1) is 17.2. The van der Waals surface area contributed by atoms with Crippen molar-refractivity contribution in [2.75, 3.05) is 25.0 Å². The van der Waals surface area contributed by atoms with Gasteiger partial charge in [-0.2, -0.15) is 0 Å². The number of carbonyl (C=O) groups excluding carboxylic acids is 1. The molecule has 1 amide bonds. The lowest BCUT2D eigenvalue weighted by molar-refractivity contribution is -0.121. The van der Waals surface area contributed by atoms with Crippen LogP contribution in [0.3, 0.4) is 0 Å². The minimum Gasteiger partial charge on any atom is -0.326 e. The van der Waals surface area contributed by atoms with E-state index in [9.17, 15) is 4.79 Å². The summed E-state index contributed by atoms with van der Waals surface area (Å²) in [5.74, 6) is 0.279. The van der Waals surface area contributed by atoms with Crippen molar-refractivity contribution in [1.29, 1.82) is 0 Å². The molecule has 0 unspecified atom stereocenters. The lowest BCUT2D eigenvalue weighted by Crippen LogP contribution is -2.39. The quantitative estimate of drug-likeness (QED) is 0.828. The Morgan fingerprint density at radius 3 is 2.38 bits per heavy atom. The highest BCUT2D eigenvalue weighted by atomic mass is 79.9. The molecule has 0 atom stereocenters. The first-order chi connectivity index (χ1) is 11.7. The van der Waals surface area contributed by atoms with E-state index in [1.807, 2.05) is 24.3 Å². The summed E-state index contributed by atoms with van der Waals surface area (Å²) in [4.78, 5) is 14.9. The van der Waals surface area contributed by atoms with Gasteiger partial charge in [0.1, 0.15) is 0 Å². The Morgan fingerprint density at radius 1 is 1.04 bits per heavy atom. The van der Waals surface area contributed by atoms with Crippen LogP contribution >= 0.6 is 15.9 Å². The number of nitrogens with one attached hydrogen (secondary N) is 1. The first-order valence-electron chi connectivity index (χ1n) is 8.53. The van der Waals surface area contributed by atoms with E-state index in [1.54, 1.807) is 0 Å². The lowest BCUT2D eigenvalue weighted by Gasteiger charge is -2.31. The van der Waals surface area contributed by atoms with Crippen LogP contribution in [-0.4, -0.2) is 30.4 Å². The van der Waals surface area contributed by atoms with E-state index in [1.165, 1.54) is 5.56 Å². The van der Waals surface area contributed by atoms with Crippen LogP contribution in [0.2, 0.25) is 0 Å². The Kier molecular flexibility index (Phi) is 6.05. The Hall–Kier alpha value is -1.65. The molecule has 1 heterocycles. The average molecular weight is 387 g/mol. The zero-order valence-electron chi connectivity index (χ0n) is 13.7. The van der Waals surface area contributed by atoms with E-state index in [0.29, 0.717) is 0 Å². The van der Waals surface area contributed by atoms with Crippen molar-refractivity contribution in [3.63, 3.8) is 0 Å². The molecule has 0 aromatic heterocycles. The van der Waals surface area contributed by atoms with Crippen LogP contribution in [0.25, 0.3) is 0 Å². The monoisotopic (exact) mass is 386 g/mol. The van der Waals surface area contributed by atoms with Gasteiger partial charge in [-0.05, 0) is 62.2 Å². The summed E-state index contributed by atoms with van der Waals surface area (Å²) < 4.78 is 1.02. The van der Waals surface area contributed by atoms with Crippen molar-refractivity contribution in [1.82, 2.24) is 4.90 Å². The Labute approximate surface area is 152 Å². The zero-order valence-corrected chi connectivity index (χ0v) is 15.3. The van der Waals surface area contributed by atoms with Crippen LogP contribution in [0, 0.1) is 5.92 Å². The molecule has 4 heteroatoms. The molecule has 0 spiro atoms. The first-order valence-corrected chi connectivity index (χ1v) is 9.33. The van der Waals surface area contributed by atoms with Crippen molar-refractivity contribution >= 4 is 27.5 Å². The van der Waals surface area contributed by atoms with Gasteiger partial charge in [0.25, 0.3) is 0 Å². The van der Waals surface area contributed by atoms with Crippen molar-refractivity contribution in [2.45, 2.75) is 19.3 Å². The van der Waals surface area contributed by atoms with Crippen LogP contribution in [0.1, 0.15) is 18.4 Å². The minimum absolute atomic E-state index is 0.127. The number of likely N-dealkylation sites (tertiary alicyclic amines) is 1. The van der Waals surface area contributed by atoms with Gasteiger partial charge in [0, 0.05) is 22.6 Å². The second kappa shape index (κ2) is 8.45. The summed E-state index contributed by atoms with van der Waals surface area (Å²) in [5.41, 5.74) is 2.25. The summed E-state index contributed by atoms with van der Waals surface area (Å²) >= 11 is 3.41. The van der Waals surface area contributed by atoms with E-state index in [2.05, 4.69) is 56.5 Å². The third-order valence-electron chi connectivity index (χ3n) is 4.63. The number of nitrogens with zero attached hydrogens (tertiary/aromatic N) is 1. The number of rotatable bonds is 5. The highest BCUT2D eigenvalue weighted by Crippen LogP contribution is 2.21. The van der Waals surface area contributed by atoms with Crippen LogP contribution in [0.15, 0.2) is 59.1 Å². The second-order valence-electron chi connectivity index (χ2n) is 6.35. The number of anilines is 1. The van der Waals surface area contributed by atoms with Gasteiger partial charge in [0.15, 0.2) is 0 Å². The molecule has 3 nitrogen and oxygen atoms in total. The molecule has 1 aliphatic rings. The van der Waals surface area contributed by atoms with E-state index in [4.69, 9.17) is 0 Å². The smallest absolute Gasteiger partial charge is 0.227 e. The summed E-state index contributed by atoms with van der Waals surface area (Å²) in [6.07, 6.45) is 2.96. The molecule has 1 saturated heterocycles. The SMILES string of the molecule is O=C(Nc1ccc(Br)cc1)C1CCN(CCc2ccccc2)CC1. The number of piperidine rings is 1. The normalized spacial score (nSPS) is 16.0. The second-order valence-corrected chi connectivity index (χ2v) is 7.26. The molecule has 24 heavy (non-hydrogen) atoms. The fourth-order valence-electron chi connectivity index (χ4n) is 3.13. The Bertz CT molecular complexity index is 649. The van der Waals surface area contributed by atoms with Gasteiger partial charge in [-0.1, -0.05) is 46.3 Å². The minimum atomic E-state index is 0.127. The fraction of sp³-hybridized carbons (Fsp3) is 0.350. The van der Waals surface area contributed by atoms with Crippen LogP contribution in [-0.2, 0) is 11.2 Å². The predicted octanol–water partition coefficient (Wildman–Crippen LogP) is 4.34. The lowest BCUT2D eigenvalue weighted by atomic mass is 9.95. The van der Waals surface area contributed by atoms with Gasteiger partial charge < -0.3 is 10.2 Å². The van der Waals surface area contributed by atoms with E-state index < -0.39 is 0 Å². The Balaban J connectivity index is 1.42. The number of halogens is 1. The molecule has 0 radical (unpaired) electrons. The molecule has 1 fully saturated rings. The van der Waals surface area contributed by atoms with Crippen molar-refractivity contribution in [3.8, 4) is 0 Å². The van der Waals surface area contributed by atoms with Gasteiger partial charge in [-0.3, -0.25) is 4.79 Å². The molecule has 126 valence electrons. The largest absolute Gasteiger partial charge is 0.326 e.